The van der Waals surface area contributed by atoms with Crippen LogP contribution in [0, 0.1) is 11.8 Å². The highest BCUT2D eigenvalue weighted by Gasteiger charge is 2.78. The molecule has 3 heteroatoms. The fourth-order valence-corrected chi connectivity index (χ4v) is 17.6. The maximum absolute atomic E-state index is 2.64. The SMILES string of the molecule is C[Si](C)(C)C1=C([C@H]2[C@H](c3ccccc3)[C@@H]2[Si](C)(C)C)[C@@]1(c1ccccc1)[C@@H]1[C@@H](c2ccccc2)[C@H]1[Si](C)(C)C. The molecule has 0 unspecified atom stereocenters. The molecule has 0 bridgehead atoms. The first-order valence-corrected chi connectivity index (χ1v) is 25.9. The number of hydrogen-bond donors (Lipinski definition) is 0. The van der Waals surface area contributed by atoms with Crippen molar-refractivity contribution in [3.63, 3.8) is 0 Å². The molecule has 0 aromatic heterocycles. The van der Waals surface area contributed by atoms with Crippen molar-refractivity contribution in [1.29, 1.82) is 0 Å². The van der Waals surface area contributed by atoms with Crippen LogP contribution in [-0.4, -0.2) is 24.2 Å². The van der Waals surface area contributed by atoms with E-state index >= 15 is 0 Å². The van der Waals surface area contributed by atoms with E-state index in [2.05, 4.69) is 150 Å². The fourth-order valence-electron chi connectivity index (χ4n) is 9.13. The van der Waals surface area contributed by atoms with Crippen molar-refractivity contribution < 1.29 is 0 Å². The highest BCUT2D eigenvalue weighted by molar-refractivity contribution is 6.85. The highest BCUT2D eigenvalue weighted by atomic mass is 28.3. The molecule has 0 N–H and O–H groups in total. The van der Waals surface area contributed by atoms with Gasteiger partial charge in [-0.1, -0.05) is 161 Å². The Balaban J connectivity index is 1.55. The molecule has 0 spiro atoms. The van der Waals surface area contributed by atoms with E-state index in [4.69, 9.17) is 0 Å². The summed E-state index contributed by atoms with van der Waals surface area (Å²) in [4.78, 5) is 0. The van der Waals surface area contributed by atoms with Crippen molar-refractivity contribution in [2.75, 3.05) is 0 Å². The van der Waals surface area contributed by atoms with Gasteiger partial charge in [0, 0.05) is 21.6 Å². The minimum atomic E-state index is -1.58. The van der Waals surface area contributed by atoms with Gasteiger partial charge < -0.3 is 0 Å². The molecule has 39 heavy (non-hydrogen) atoms. The molecule has 3 aliphatic rings. The van der Waals surface area contributed by atoms with E-state index in [1.807, 2.05) is 10.8 Å². The summed E-state index contributed by atoms with van der Waals surface area (Å²) in [5.74, 6) is 2.82. The van der Waals surface area contributed by atoms with Crippen LogP contribution >= 0.6 is 0 Å². The number of allylic oxidation sites excluding steroid dienone is 2. The average molecular weight is 565 g/mol. The molecule has 0 radical (unpaired) electrons. The Bertz CT molecular complexity index is 1370. The van der Waals surface area contributed by atoms with Crippen LogP contribution in [0.4, 0.5) is 0 Å². The highest BCUT2D eigenvalue weighted by Crippen LogP contribution is 2.84. The van der Waals surface area contributed by atoms with Gasteiger partial charge in [0.05, 0.1) is 8.07 Å². The summed E-state index contributed by atoms with van der Waals surface area (Å²) in [6.07, 6.45) is 0. The van der Waals surface area contributed by atoms with Crippen LogP contribution in [0.2, 0.25) is 70.0 Å². The molecule has 0 amide bonds. The molecule has 6 rings (SSSR count). The van der Waals surface area contributed by atoms with Gasteiger partial charge in [0.1, 0.15) is 0 Å². The monoisotopic (exact) mass is 564 g/mol. The molecular weight excluding hydrogens is 517 g/mol. The van der Waals surface area contributed by atoms with Crippen molar-refractivity contribution in [3.8, 4) is 0 Å². The van der Waals surface area contributed by atoms with Crippen molar-refractivity contribution in [2.45, 2.75) is 87.3 Å². The Morgan fingerprint density at radius 2 is 0.923 bits per heavy atom. The van der Waals surface area contributed by atoms with Gasteiger partial charge in [-0.2, -0.15) is 0 Å². The van der Waals surface area contributed by atoms with Crippen molar-refractivity contribution in [1.82, 2.24) is 0 Å². The smallest absolute Gasteiger partial charge is 0.0693 e. The second-order valence-corrected chi connectivity index (χ2v) is 31.7. The molecule has 3 aromatic carbocycles. The second kappa shape index (κ2) is 9.03. The Morgan fingerprint density at radius 3 is 1.36 bits per heavy atom. The van der Waals surface area contributed by atoms with Crippen LogP contribution in [0.25, 0.3) is 0 Å². The van der Waals surface area contributed by atoms with Gasteiger partial charge in [-0.15, -0.1) is 0 Å². The van der Waals surface area contributed by atoms with Gasteiger partial charge in [0.15, 0.2) is 0 Å². The van der Waals surface area contributed by atoms with Crippen molar-refractivity contribution in [2.24, 2.45) is 11.8 Å². The van der Waals surface area contributed by atoms with Gasteiger partial charge >= 0.3 is 0 Å². The summed E-state index contributed by atoms with van der Waals surface area (Å²) in [6, 6.07) is 35.0. The maximum Gasteiger partial charge on any atom is 0.0740 e. The first kappa shape index (κ1) is 27.2. The maximum atomic E-state index is 2.64. The van der Waals surface area contributed by atoms with Gasteiger partial charge in [-0.25, -0.2) is 0 Å². The van der Waals surface area contributed by atoms with Crippen LogP contribution < -0.4 is 0 Å². The lowest BCUT2D eigenvalue weighted by atomic mass is 9.82. The first-order valence-electron chi connectivity index (χ1n) is 15.2. The second-order valence-electron chi connectivity index (χ2n) is 15.9. The largest absolute Gasteiger partial charge is 0.0740 e. The topological polar surface area (TPSA) is 0 Å². The first-order chi connectivity index (χ1) is 18.3. The molecule has 204 valence electrons. The Morgan fingerprint density at radius 1 is 0.487 bits per heavy atom. The molecule has 3 aliphatic carbocycles. The van der Waals surface area contributed by atoms with E-state index in [0.29, 0.717) is 17.8 Å². The van der Waals surface area contributed by atoms with Crippen LogP contribution in [0.1, 0.15) is 28.5 Å². The molecule has 0 heterocycles. The minimum absolute atomic E-state index is 0.170. The number of benzene rings is 3. The van der Waals surface area contributed by atoms with E-state index in [1.54, 1.807) is 16.7 Å². The van der Waals surface area contributed by atoms with Crippen LogP contribution in [0.5, 0.6) is 0 Å². The molecule has 0 saturated heterocycles. The summed E-state index contributed by atoms with van der Waals surface area (Å²) < 4.78 is 0. The summed E-state index contributed by atoms with van der Waals surface area (Å²) in [7, 11) is -4.35. The zero-order valence-corrected chi connectivity index (χ0v) is 28.6. The zero-order chi connectivity index (χ0) is 28.0. The van der Waals surface area contributed by atoms with E-state index < -0.39 is 24.2 Å². The van der Waals surface area contributed by atoms with Crippen LogP contribution in [-0.2, 0) is 5.41 Å². The predicted octanol–water partition coefficient (Wildman–Crippen LogP) is 10.4. The third-order valence-corrected chi connectivity index (χ3v) is 17.8. The van der Waals surface area contributed by atoms with Crippen LogP contribution in [0.3, 0.4) is 0 Å². The Hall–Kier alpha value is -1.95. The van der Waals surface area contributed by atoms with Gasteiger partial charge in [-0.05, 0) is 51.4 Å². The van der Waals surface area contributed by atoms with Crippen molar-refractivity contribution >= 4 is 24.2 Å². The third-order valence-electron chi connectivity index (χ3n) is 10.2. The predicted molar refractivity (Wildman–Crippen MR) is 178 cm³/mol. The zero-order valence-electron chi connectivity index (χ0n) is 25.6. The molecule has 2 fully saturated rings. The van der Waals surface area contributed by atoms with E-state index in [-0.39, 0.29) is 5.41 Å². The third kappa shape index (κ3) is 4.35. The number of rotatable bonds is 8. The number of hydrogen-bond acceptors (Lipinski definition) is 0. The molecule has 7 atom stereocenters. The molecule has 0 nitrogen and oxygen atoms in total. The molecule has 2 saturated carbocycles. The normalized spacial score (nSPS) is 32.2. The van der Waals surface area contributed by atoms with Gasteiger partial charge in [0.25, 0.3) is 0 Å². The Labute approximate surface area is 241 Å². The summed E-state index contributed by atoms with van der Waals surface area (Å²) >= 11 is 0. The minimum Gasteiger partial charge on any atom is -0.0693 e. The fraction of sp³-hybridized carbons (Fsp3) is 0.444. The molecule has 3 aromatic rings. The summed E-state index contributed by atoms with van der Waals surface area (Å²) in [5.41, 5.74) is 8.53. The lowest BCUT2D eigenvalue weighted by Gasteiger charge is -2.29. The van der Waals surface area contributed by atoms with Gasteiger partial charge in [-0.3, -0.25) is 0 Å². The average Bonchev–Trinajstić information content (AvgIpc) is 3.77. The van der Waals surface area contributed by atoms with Gasteiger partial charge in [0.2, 0.25) is 0 Å². The lowest BCUT2D eigenvalue weighted by molar-refractivity contribution is 0.584. The van der Waals surface area contributed by atoms with E-state index in [0.717, 1.165) is 17.0 Å². The van der Waals surface area contributed by atoms with E-state index in [9.17, 15) is 0 Å². The lowest BCUT2D eigenvalue weighted by Crippen LogP contribution is -2.31. The Kier molecular flexibility index (Phi) is 6.30. The molecular formula is C36H48Si3. The van der Waals surface area contributed by atoms with E-state index in [1.165, 1.54) is 0 Å². The van der Waals surface area contributed by atoms with Crippen LogP contribution in [0.15, 0.2) is 102 Å². The summed E-state index contributed by atoms with van der Waals surface area (Å²) in [6.45, 7) is 23.7. The molecule has 0 aliphatic heterocycles. The summed E-state index contributed by atoms with van der Waals surface area (Å²) in [5, 5.41) is 1.93. The van der Waals surface area contributed by atoms with Crippen molar-refractivity contribution in [3.05, 3.63) is 118 Å². The standard InChI is InChI=1S/C36H48Si3/c1-37(2,3)33-28(25-19-13-10-14-20-25)30(33)32-35(39(7,8)9)36(32,27-23-17-12-18-24-27)31-29(34(31)38(4,5)6)26-21-15-11-16-22-26/h10-24,28-31,33-34H,1-9H3/t28-,29+,30+,31+,33-,34+,36+/m0/s1. The quantitative estimate of drug-likeness (QED) is 0.239.